The van der Waals surface area contributed by atoms with Crippen molar-refractivity contribution in [3.05, 3.63) is 53.6 Å². The molecule has 3 N–H and O–H groups in total. The number of nitrogens with one attached hydrogen (secondary N) is 1. The number of benzene rings is 2. The van der Waals surface area contributed by atoms with Crippen LogP contribution in [0.4, 0.5) is 11.4 Å². The Morgan fingerprint density at radius 2 is 1.59 bits per heavy atom. The van der Waals surface area contributed by atoms with E-state index >= 15 is 0 Å². The highest BCUT2D eigenvalue weighted by atomic mass is 35.5. The van der Waals surface area contributed by atoms with Gasteiger partial charge in [-0.1, -0.05) is 11.6 Å². The maximum Gasteiger partial charge on any atom is 0.238 e. The fourth-order valence-corrected chi connectivity index (χ4v) is 3.59. The van der Waals surface area contributed by atoms with Crippen molar-refractivity contribution in [3.63, 3.8) is 0 Å². The Labute approximate surface area is 163 Å². The molecular weight excluding hydrogens is 388 g/mol. The first-order valence-electron chi connectivity index (χ1n) is 8.47. The Balaban J connectivity index is 1.48. The van der Waals surface area contributed by atoms with Crippen LogP contribution in [0.25, 0.3) is 0 Å². The molecule has 0 spiro atoms. The van der Waals surface area contributed by atoms with Crippen molar-refractivity contribution in [3.8, 4) is 0 Å². The second-order valence-electron chi connectivity index (χ2n) is 6.36. The average molecular weight is 409 g/mol. The van der Waals surface area contributed by atoms with Crippen molar-refractivity contribution in [1.82, 2.24) is 4.90 Å². The van der Waals surface area contributed by atoms with Crippen molar-refractivity contribution in [2.24, 2.45) is 5.14 Å². The number of primary sulfonamides is 1. The predicted molar refractivity (Wildman–Crippen MR) is 107 cm³/mol. The van der Waals surface area contributed by atoms with Crippen LogP contribution >= 0.6 is 11.6 Å². The zero-order valence-electron chi connectivity index (χ0n) is 14.6. The van der Waals surface area contributed by atoms with E-state index in [1.165, 1.54) is 24.3 Å². The number of amides is 1. The van der Waals surface area contributed by atoms with E-state index in [4.69, 9.17) is 16.7 Å². The molecule has 1 aliphatic rings. The van der Waals surface area contributed by atoms with Gasteiger partial charge in [0, 0.05) is 42.6 Å². The van der Waals surface area contributed by atoms with Gasteiger partial charge < -0.3 is 10.2 Å². The average Bonchev–Trinajstić information content (AvgIpc) is 2.63. The maximum absolute atomic E-state index is 12.2. The standard InChI is InChI=1S/C18H21ClN4O3S/c19-14-1-5-16(6-2-14)23-11-9-22(10-12-23)13-18(24)21-15-3-7-17(8-4-15)27(20,25)26/h1-8H,9-13H2,(H,21,24)(H2,20,25,26). The van der Waals surface area contributed by atoms with Crippen LogP contribution in [-0.4, -0.2) is 51.9 Å². The van der Waals surface area contributed by atoms with Crippen LogP contribution in [0.1, 0.15) is 0 Å². The molecule has 1 heterocycles. The SMILES string of the molecule is NS(=O)(=O)c1ccc(NC(=O)CN2CCN(c3ccc(Cl)cc3)CC2)cc1. The number of nitrogens with two attached hydrogens (primary N) is 1. The molecule has 3 rings (SSSR count). The van der Waals surface area contributed by atoms with Crippen molar-refractivity contribution in [2.45, 2.75) is 4.90 Å². The summed E-state index contributed by atoms with van der Waals surface area (Å²) >= 11 is 5.92. The van der Waals surface area contributed by atoms with E-state index in [0.717, 1.165) is 31.9 Å². The summed E-state index contributed by atoms with van der Waals surface area (Å²) in [5.74, 6) is -0.140. The number of halogens is 1. The largest absolute Gasteiger partial charge is 0.369 e. The summed E-state index contributed by atoms with van der Waals surface area (Å²) in [4.78, 5) is 16.6. The van der Waals surface area contributed by atoms with Gasteiger partial charge in [-0.2, -0.15) is 0 Å². The summed E-state index contributed by atoms with van der Waals surface area (Å²) in [7, 11) is -3.73. The van der Waals surface area contributed by atoms with Gasteiger partial charge in [-0.25, -0.2) is 13.6 Å². The summed E-state index contributed by atoms with van der Waals surface area (Å²) in [6.45, 7) is 3.50. The van der Waals surface area contributed by atoms with Crippen LogP contribution in [-0.2, 0) is 14.8 Å². The molecule has 1 aliphatic heterocycles. The van der Waals surface area contributed by atoms with Crippen LogP contribution in [0.15, 0.2) is 53.4 Å². The van der Waals surface area contributed by atoms with Gasteiger partial charge in [0.2, 0.25) is 15.9 Å². The fourth-order valence-electron chi connectivity index (χ4n) is 2.95. The van der Waals surface area contributed by atoms with Gasteiger partial charge in [-0.15, -0.1) is 0 Å². The number of sulfonamides is 1. The molecule has 0 unspecified atom stereocenters. The van der Waals surface area contributed by atoms with Gasteiger partial charge >= 0.3 is 0 Å². The second kappa shape index (κ2) is 8.26. The Kier molecular flexibility index (Phi) is 6.01. The minimum absolute atomic E-state index is 0.0128. The molecule has 27 heavy (non-hydrogen) atoms. The molecule has 7 nitrogen and oxygen atoms in total. The highest BCUT2D eigenvalue weighted by Gasteiger charge is 2.19. The quantitative estimate of drug-likeness (QED) is 0.785. The number of piperazine rings is 1. The summed E-state index contributed by atoms with van der Waals surface area (Å²) < 4.78 is 22.5. The number of anilines is 2. The summed E-state index contributed by atoms with van der Waals surface area (Å²) in [6.07, 6.45) is 0. The van der Waals surface area contributed by atoms with Gasteiger partial charge in [0.1, 0.15) is 0 Å². The lowest BCUT2D eigenvalue weighted by molar-refractivity contribution is -0.117. The number of carbonyl (C=O) groups is 1. The molecule has 0 aliphatic carbocycles. The van der Waals surface area contributed by atoms with Crippen LogP contribution in [0.3, 0.4) is 0 Å². The van der Waals surface area contributed by atoms with Gasteiger partial charge in [-0.05, 0) is 48.5 Å². The Bertz CT molecular complexity index is 893. The molecule has 2 aromatic rings. The number of rotatable bonds is 5. The highest BCUT2D eigenvalue weighted by molar-refractivity contribution is 7.89. The van der Waals surface area contributed by atoms with E-state index in [0.29, 0.717) is 10.7 Å². The van der Waals surface area contributed by atoms with Crippen molar-refractivity contribution in [1.29, 1.82) is 0 Å². The molecular formula is C18H21ClN4O3S. The van der Waals surface area contributed by atoms with Gasteiger partial charge in [0.15, 0.2) is 0 Å². The van der Waals surface area contributed by atoms with E-state index in [-0.39, 0.29) is 17.3 Å². The number of nitrogens with zero attached hydrogens (tertiary/aromatic N) is 2. The van der Waals surface area contributed by atoms with Crippen LogP contribution in [0.2, 0.25) is 5.02 Å². The van der Waals surface area contributed by atoms with Gasteiger partial charge in [0.25, 0.3) is 0 Å². The van der Waals surface area contributed by atoms with Crippen LogP contribution in [0, 0.1) is 0 Å². The first-order valence-corrected chi connectivity index (χ1v) is 10.4. The molecule has 1 amide bonds. The molecule has 0 saturated carbocycles. The summed E-state index contributed by atoms with van der Waals surface area (Å²) in [5, 5.41) is 8.55. The van der Waals surface area contributed by atoms with Crippen LogP contribution in [0.5, 0.6) is 0 Å². The first kappa shape index (κ1) is 19.6. The topological polar surface area (TPSA) is 95.7 Å². The number of hydrogen-bond donors (Lipinski definition) is 2. The molecule has 0 bridgehead atoms. The van der Waals surface area contributed by atoms with Gasteiger partial charge in [0.05, 0.1) is 11.4 Å². The molecule has 0 radical (unpaired) electrons. The number of hydrogen-bond acceptors (Lipinski definition) is 5. The Morgan fingerprint density at radius 1 is 1.00 bits per heavy atom. The lowest BCUT2D eigenvalue weighted by Gasteiger charge is -2.35. The van der Waals surface area contributed by atoms with E-state index in [9.17, 15) is 13.2 Å². The van der Waals surface area contributed by atoms with E-state index < -0.39 is 10.0 Å². The Morgan fingerprint density at radius 3 is 2.15 bits per heavy atom. The lowest BCUT2D eigenvalue weighted by Crippen LogP contribution is -2.48. The first-order chi connectivity index (χ1) is 12.8. The normalized spacial score (nSPS) is 15.6. The predicted octanol–water partition coefficient (Wildman–Crippen LogP) is 1.75. The van der Waals surface area contributed by atoms with Crippen molar-refractivity contribution >= 4 is 38.9 Å². The van der Waals surface area contributed by atoms with Crippen LogP contribution < -0.4 is 15.4 Å². The third-order valence-electron chi connectivity index (χ3n) is 4.40. The van der Waals surface area contributed by atoms with E-state index in [1.807, 2.05) is 24.3 Å². The van der Waals surface area contributed by atoms with Gasteiger partial charge in [-0.3, -0.25) is 9.69 Å². The zero-order valence-corrected chi connectivity index (χ0v) is 16.2. The third-order valence-corrected chi connectivity index (χ3v) is 5.58. The Hall–Kier alpha value is -2.13. The molecule has 144 valence electrons. The van der Waals surface area contributed by atoms with E-state index in [2.05, 4.69) is 15.1 Å². The summed E-state index contributed by atoms with van der Waals surface area (Å²) in [6, 6.07) is 13.5. The summed E-state index contributed by atoms with van der Waals surface area (Å²) in [5.41, 5.74) is 1.66. The molecule has 0 aromatic heterocycles. The highest BCUT2D eigenvalue weighted by Crippen LogP contribution is 2.19. The minimum atomic E-state index is -3.73. The smallest absolute Gasteiger partial charge is 0.238 e. The van der Waals surface area contributed by atoms with Crippen molar-refractivity contribution < 1.29 is 13.2 Å². The molecule has 0 atom stereocenters. The minimum Gasteiger partial charge on any atom is -0.369 e. The molecule has 9 heteroatoms. The molecule has 1 fully saturated rings. The molecule has 1 saturated heterocycles. The second-order valence-corrected chi connectivity index (χ2v) is 8.36. The number of carbonyl (C=O) groups excluding carboxylic acids is 1. The van der Waals surface area contributed by atoms with E-state index in [1.54, 1.807) is 0 Å². The maximum atomic E-state index is 12.2. The fraction of sp³-hybridized carbons (Fsp3) is 0.278. The zero-order chi connectivity index (χ0) is 19.4. The third kappa shape index (κ3) is 5.43. The lowest BCUT2D eigenvalue weighted by atomic mass is 10.2. The van der Waals surface area contributed by atoms with Crippen molar-refractivity contribution in [2.75, 3.05) is 42.9 Å². The monoisotopic (exact) mass is 408 g/mol. The molecule has 2 aromatic carbocycles.